The molecule has 0 aromatic carbocycles. The summed E-state index contributed by atoms with van der Waals surface area (Å²) in [4.78, 5) is 25.3. The molecule has 1 N–H and O–H groups in total. The minimum atomic E-state index is 0.112. The normalized spacial score (nSPS) is 23.5. The van der Waals surface area contributed by atoms with Gasteiger partial charge in [0.05, 0.1) is 0 Å². The highest BCUT2D eigenvalue weighted by molar-refractivity contribution is 5.77. The molecule has 1 fully saturated rings. The van der Waals surface area contributed by atoms with Crippen LogP contribution in [0.1, 0.15) is 51.4 Å². The van der Waals surface area contributed by atoms with E-state index in [9.17, 15) is 9.59 Å². The maximum absolute atomic E-state index is 11.8. The number of allylic oxidation sites excluding steroid dienone is 1. The predicted molar refractivity (Wildman–Crippen MR) is 74.6 cm³/mol. The fraction of sp³-hybridized carbons (Fsp3) is 0.733. The summed E-state index contributed by atoms with van der Waals surface area (Å²) in [6, 6.07) is 0.220. The van der Waals surface area contributed by atoms with E-state index in [0.717, 1.165) is 51.6 Å². The molecule has 0 aromatic heterocycles. The number of nitrogens with one attached hydrogen (secondary N) is 1. The van der Waals surface area contributed by atoms with Crippen molar-refractivity contribution < 1.29 is 9.59 Å². The van der Waals surface area contributed by atoms with E-state index < -0.39 is 0 Å². The zero-order chi connectivity index (χ0) is 13.5. The molecule has 2 rings (SSSR count). The quantitative estimate of drug-likeness (QED) is 0.772. The first-order chi connectivity index (χ1) is 9.25. The van der Waals surface area contributed by atoms with Crippen LogP contribution in [-0.4, -0.2) is 35.8 Å². The summed E-state index contributed by atoms with van der Waals surface area (Å²) in [5.74, 6) is 0.364. The average Bonchev–Trinajstić information content (AvgIpc) is 2.42. The van der Waals surface area contributed by atoms with Crippen LogP contribution < -0.4 is 5.32 Å². The van der Waals surface area contributed by atoms with E-state index in [4.69, 9.17) is 0 Å². The maximum atomic E-state index is 11.8. The van der Waals surface area contributed by atoms with Gasteiger partial charge in [-0.05, 0) is 38.5 Å². The molecule has 1 unspecified atom stereocenters. The van der Waals surface area contributed by atoms with Crippen LogP contribution >= 0.6 is 0 Å². The summed E-state index contributed by atoms with van der Waals surface area (Å²) in [5, 5.41) is 3.04. The molecule has 1 atom stereocenters. The van der Waals surface area contributed by atoms with E-state index in [1.54, 1.807) is 0 Å². The topological polar surface area (TPSA) is 49.4 Å². The summed E-state index contributed by atoms with van der Waals surface area (Å²) in [5.41, 5.74) is 0. The number of piperidine rings is 1. The molecule has 4 heteroatoms. The third-order valence-corrected chi connectivity index (χ3v) is 3.85. The molecule has 1 heterocycles. The lowest BCUT2D eigenvalue weighted by molar-refractivity contribution is -0.133. The molecule has 2 aliphatic rings. The Kier molecular flexibility index (Phi) is 5.43. The van der Waals surface area contributed by atoms with Crippen molar-refractivity contribution in [3.05, 3.63) is 12.2 Å². The molecule has 0 radical (unpaired) electrons. The van der Waals surface area contributed by atoms with Gasteiger partial charge in [0.1, 0.15) is 0 Å². The molecule has 4 nitrogen and oxygen atoms in total. The van der Waals surface area contributed by atoms with Gasteiger partial charge in [-0.3, -0.25) is 9.59 Å². The van der Waals surface area contributed by atoms with Crippen molar-refractivity contribution in [1.29, 1.82) is 0 Å². The van der Waals surface area contributed by atoms with Gasteiger partial charge >= 0.3 is 0 Å². The van der Waals surface area contributed by atoms with Gasteiger partial charge in [-0.2, -0.15) is 0 Å². The molecular weight excluding hydrogens is 240 g/mol. The Morgan fingerprint density at radius 3 is 3.00 bits per heavy atom. The summed E-state index contributed by atoms with van der Waals surface area (Å²) >= 11 is 0. The molecule has 106 valence electrons. The maximum Gasteiger partial charge on any atom is 0.222 e. The van der Waals surface area contributed by atoms with Crippen molar-refractivity contribution in [1.82, 2.24) is 10.2 Å². The molecule has 1 aliphatic carbocycles. The van der Waals surface area contributed by atoms with Crippen molar-refractivity contribution in [2.24, 2.45) is 0 Å². The minimum absolute atomic E-state index is 0.112. The Morgan fingerprint density at radius 2 is 2.26 bits per heavy atom. The lowest BCUT2D eigenvalue weighted by Gasteiger charge is -2.26. The lowest BCUT2D eigenvalue weighted by Crippen LogP contribution is -2.37. The average molecular weight is 264 g/mol. The molecule has 0 aromatic rings. The van der Waals surface area contributed by atoms with E-state index >= 15 is 0 Å². The second-order valence-electron chi connectivity index (χ2n) is 5.47. The van der Waals surface area contributed by atoms with E-state index in [1.165, 1.54) is 0 Å². The second kappa shape index (κ2) is 7.31. The van der Waals surface area contributed by atoms with Crippen LogP contribution in [0.4, 0.5) is 0 Å². The number of amides is 2. The van der Waals surface area contributed by atoms with Crippen LogP contribution in [0, 0.1) is 0 Å². The Balaban J connectivity index is 1.62. The van der Waals surface area contributed by atoms with Crippen molar-refractivity contribution in [2.75, 3.05) is 13.1 Å². The highest BCUT2D eigenvalue weighted by Crippen LogP contribution is 2.12. The number of carbonyl (C=O) groups is 2. The molecule has 0 saturated carbocycles. The van der Waals surface area contributed by atoms with Crippen LogP contribution in [0.25, 0.3) is 0 Å². The highest BCUT2D eigenvalue weighted by atomic mass is 16.2. The van der Waals surface area contributed by atoms with E-state index in [2.05, 4.69) is 17.5 Å². The second-order valence-corrected chi connectivity index (χ2v) is 5.47. The first-order valence-electron chi connectivity index (χ1n) is 7.49. The van der Waals surface area contributed by atoms with Gasteiger partial charge < -0.3 is 10.2 Å². The van der Waals surface area contributed by atoms with Gasteiger partial charge in [0.15, 0.2) is 0 Å². The summed E-state index contributed by atoms with van der Waals surface area (Å²) < 4.78 is 0. The molecule has 1 aliphatic heterocycles. The molecule has 0 spiro atoms. The SMILES string of the molecule is O=C(CCCN1CCCCC1=O)NC1C=CCCC1. The van der Waals surface area contributed by atoms with Crippen molar-refractivity contribution >= 4 is 11.8 Å². The summed E-state index contributed by atoms with van der Waals surface area (Å²) in [6.45, 7) is 1.60. The van der Waals surface area contributed by atoms with Crippen molar-refractivity contribution in [3.8, 4) is 0 Å². The van der Waals surface area contributed by atoms with Crippen LogP contribution in [0.3, 0.4) is 0 Å². The molecule has 1 saturated heterocycles. The zero-order valence-electron chi connectivity index (χ0n) is 11.6. The van der Waals surface area contributed by atoms with Crippen molar-refractivity contribution in [2.45, 2.75) is 57.4 Å². The first kappa shape index (κ1) is 14.1. The van der Waals surface area contributed by atoms with Gasteiger partial charge in [0.2, 0.25) is 11.8 Å². The van der Waals surface area contributed by atoms with E-state index in [0.29, 0.717) is 12.8 Å². The molecule has 19 heavy (non-hydrogen) atoms. The summed E-state index contributed by atoms with van der Waals surface area (Å²) in [6.07, 6.45) is 11.7. The molecule has 2 amide bonds. The Bertz CT molecular complexity index is 352. The number of likely N-dealkylation sites (tertiary alicyclic amines) is 1. The number of rotatable bonds is 5. The summed E-state index contributed by atoms with van der Waals surface area (Å²) in [7, 11) is 0. The lowest BCUT2D eigenvalue weighted by atomic mass is 10.0. The van der Waals surface area contributed by atoms with Crippen LogP contribution in [0.2, 0.25) is 0 Å². The fourth-order valence-electron chi connectivity index (χ4n) is 2.74. The monoisotopic (exact) mass is 264 g/mol. The molecule has 0 bridgehead atoms. The van der Waals surface area contributed by atoms with Gasteiger partial charge in [-0.25, -0.2) is 0 Å². The van der Waals surface area contributed by atoms with E-state index in [-0.39, 0.29) is 17.9 Å². The van der Waals surface area contributed by atoms with Gasteiger partial charge in [0.25, 0.3) is 0 Å². The molecular formula is C15H24N2O2. The largest absolute Gasteiger partial charge is 0.350 e. The third kappa shape index (κ3) is 4.69. The highest BCUT2D eigenvalue weighted by Gasteiger charge is 2.18. The van der Waals surface area contributed by atoms with E-state index in [1.807, 2.05) is 4.90 Å². The van der Waals surface area contributed by atoms with Gasteiger partial charge in [-0.1, -0.05) is 12.2 Å². The number of nitrogens with zero attached hydrogens (tertiary/aromatic N) is 1. The third-order valence-electron chi connectivity index (χ3n) is 3.85. The predicted octanol–water partition coefficient (Wildman–Crippen LogP) is 2.00. The Morgan fingerprint density at radius 1 is 1.37 bits per heavy atom. The fourth-order valence-corrected chi connectivity index (χ4v) is 2.74. The number of hydrogen-bond acceptors (Lipinski definition) is 2. The smallest absolute Gasteiger partial charge is 0.222 e. The van der Waals surface area contributed by atoms with Crippen LogP contribution in [0.5, 0.6) is 0 Å². The van der Waals surface area contributed by atoms with Crippen LogP contribution in [-0.2, 0) is 9.59 Å². The minimum Gasteiger partial charge on any atom is -0.350 e. The van der Waals surface area contributed by atoms with Gasteiger partial charge in [-0.15, -0.1) is 0 Å². The van der Waals surface area contributed by atoms with Gasteiger partial charge in [0, 0.05) is 32.0 Å². The van der Waals surface area contributed by atoms with Crippen molar-refractivity contribution in [3.63, 3.8) is 0 Å². The zero-order valence-corrected chi connectivity index (χ0v) is 11.6. The Labute approximate surface area is 115 Å². The standard InChI is InChI=1S/C15H24N2O2/c18-14(16-13-7-2-1-3-8-13)9-6-12-17-11-5-4-10-15(17)19/h2,7,13H,1,3-6,8-12H2,(H,16,18). The van der Waals surface area contributed by atoms with Crippen LogP contribution in [0.15, 0.2) is 12.2 Å². The first-order valence-corrected chi connectivity index (χ1v) is 7.49. The number of hydrogen-bond donors (Lipinski definition) is 1. The number of carbonyl (C=O) groups excluding carboxylic acids is 2. The Hall–Kier alpha value is -1.32.